The molecule has 0 radical (unpaired) electrons. The van der Waals surface area contributed by atoms with Crippen molar-refractivity contribution >= 4 is 11.5 Å². The lowest BCUT2D eigenvalue weighted by Crippen LogP contribution is -2.69. The number of benzene rings is 1. The van der Waals surface area contributed by atoms with Gasteiger partial charge in [-0.3, -0.25) is 0 Å². The zero-order valence-corrected chi connectivity index (χ0v) is 19.6. The van der Waals surface area contributed by atoms with E-state index < -0.39 is 0 Å². The number of nitrogens with zero attached hydrogens (tertiary/aromatic N) is 5. The average molecular weight is 462 g/mol. The van der Waals surface area contributed by atoms with E-state index in [0.29, 0.717) is 12.2 Å². The van der Waals surface area contributed by atoms with Crippen LogP contribution in [0.5, 0.6) is 11.8 Å². The highest BCUT2D eigenvalue weighted by Gasteiger charge is 2.54. The topological polar surface area (TPSA) is 102 Å². The van der Waals surface area contributed by atoms with Crippen LogP contribution in [-0.2, 0) is 6.42 Å². The first kappa shape index (κ1) is 21.2. The van der Waals surface area contributed by atoms with Gasteiger partial charge in [0.1, 0.15) is 17.5 Å². The third kappa shape index (κ3) is 3.21. The first-order valence-corrected chi connectivity index (χ1v) is 11.8. The van der Waals surface area contributed by atoms with Gasteiger partial charge in [-0.15, -0.1) is 0 Å². The second-order valence-electron chi connectivity index (χ2n) is 9.96. The van der Waals surface area contributed by atoms with E-state index >= 15 is 0 Å². The summed E-state index contributed by atoms with van der Waals surface area (Å²) in [4.78, 5) is 20.5. The fraction of sp³-hybridized carbons (Fsp3) is 0.440. The van der Waals surface area contributed by atoms with Crippen LogP contribution in [0.3, 0.4) is 0 Å². The molecule has 2 fully saturated rings. The van der Waals surface area contributed by atoms with Crippen LogP contribution in [0.2, 0.25) is 0 Å². The van der Waals surface area contributed by atoms with E-state index in [1.807, 2.05) is 13.8 Å². The Labute approximate surface area is 197 Å². The fourth-order valence-corrected chi connectivity index (χ4v) is 5.35. The lowest BCUT2D eigenvalue weighted by Gasteiger charge is -2.60. The number of fused-ring (bicyclic) bond motifs is 3. The number of rotatable bonds is 5. The van der Waals surface area contributed by atoms with Crippen molar-refractivity contribution in [2.45, 2.75) is 45.1 Å². The highest BCUT2D eigenvalue weighted by Crippen LogP contribution is 2.52. The molecule has 3 heterocycles. The lowest BCUT2D eigenvalue weighted by atomic mass is 9.60. The van der Waals surface area contributed by atoms with Crippen molar-refractivity contribution in [3.63, 3.8) is 0 Å². The Morgan fingerprint density at radius 3 is 2.59 bits per heavy atom. The van der Waals surface area contributed by atoms with Gasteiger partial charge < -0.3 is 20.7 Å². The zero-order chi connectivity index (χ0) is 23.6. The number of nitrogens with two attached hydrogens (primary N) is 1. The van der Waals surface area contributed by atoms with Crippen LogP contribution >= 0.6 is 0 Å². The number of aromatic nitrogens is 4. The summed E-state index contributed by atoms with van der Waals surface area (Å²) >= 11 is 0. The van der Waals surface area contributed by atoms with Gasteiger partial charge in [-0.1, -0.05) is 13.8 Å². The third-order valence-corrected chi connectivity index (χ3v) is 7.47. The second-order valence-corrected chi connectivity index (χ2v) is 9.96. The van der Waals surface area contributed by atoms with E-state index in [9.17, 15) is 4.39 Å². The van der Waals surface area contributed by atoms with Crippen molar-refractivity contribution < 1.29 is 9.13 Å². The molecule has 0 bridgehead atoms. The Morgan fingerprint density at radius 1 is 1.21 bits per heavy atom. The van der Waals surface area contributed by atoms with Crippen LogP contribution in [0, 0.1) is 11.2 Å². The van der Waals surface area contributed by atoms with Crippen molar-refractivity contribution in [2.24, 2.45) is 11.1 Å². The molecule has 1 atom stereocenters. The molecule has 8 nitrogen and oxygen atoms in total. The summed E-state index contributed by atoms with van der Waals surface area (Å²) in [5.41, 5.74) is 10.8. The maximum atomic E-state index is 14.5. The molecule has 176 valence electrons. The Balaban J connectivity index is 1.40. The van der Waals surface area contributed by atoms with Crippen LogP contribution in [0.25, 0.3) is 11.1 Å². The number of anilines is 2. The lowest BCUT2D eigenvalue weighted by molar-refractivity contribution is 0.0558. The Morgan fingerprint density at radius 2 is 1.97 bits per heavy atom. The van der Waals surface area contributed by atoms with Gasteiger partial charge in [-0.25, -0.2) is 14.4 Å². The minimum Gasteiger partial charge on any atom is -0.421 e. The molecular formula is C25H28FN7O. The van der Waals surface area contributed by atoms with Crippen LogP contribution in [0.4, 0.5) is 15.9 Å². The molecule has 1 saturated heterocycles. The maximum Gasteiger partial charge on any atom is 0.324 e. The zero-order valence-electron chi connectivity index (χ0n) is 19.6. The predicted molar refractivity (Wildman–Crippen MR) is 128 cm³/mol. The summed E-state index contributed by atoms with van der Waals surface area (Å²) in [5.74, 6) is 1.95. The van der Waals surface area contributed by atoms with Gasteiger partial charge in [0.2, 0.25) is 0 Å². The SMILES string of the molecule is CNc1cc(F)cc2c1Cc1nc(Oc3cnc(C(C)C)nc3)nc(N3CC4(CC[C@H]4N)C3)c1-2. The van der Waals surface area contributed by atoms with Crippen molar-refractivity contribution in [1.29, 1.82) is 0 Å². The summed E-state index contributed by atoms with van der Waals surface area (Å²) in [6, 6.07) is 3.58. The van der Waals surface area contributed by atoms with Crippen LogP contribution in [-0.4, -0.2) is 46.1 Å². The molecule has 1 aliphatic heterocycles. The monoisotopic (exact) mass is 461 g/mol. The van der Waals surface area contributed by atoms with Gasteiger partial charge in [0.05, 0.1) is 18.1 Å². The first-order valence-electron chi connectivity index (χ1n) is 11.8. The van der Waals surface area contributed by atoms with Gasteiger partial charge in [-0.05, 0) is 36.1 Å². The van der Waals surface area contributed by atoms with E-state index in [2.05, 4.69) is 20.2 Å². The summed E-state index contributed by atoms with van der Waals surface area (Å²) in [5, 5.41) is 3.12. The molecule has 34 heavy (non-hydrogen) atoms. The Hall–Kier alpha value is -3.33. The molecule has 1 aromatic carbocycles. The van der Waals surface area contributed by atoms with Crippen molar-refractivity contribution in [3.8, 4) is 22.9 Å². The fourth-order valence-electron chi connectivity index (χ4n) is 5.35. The molecule has 2 aromatic heterocycles. The van der Waals surface area contributed by atoms with Gasteiger partial charge >= 0.3 is 6.01 Å². The Kier molecular flexibility index (Phi) is 4.74. The number of nitrogens with one attached hydrogen (secondary N) is 1. The second kappa shape index (κ2) is 7.59. The molecule has 3 N–H and O–H groups in total. The summed E-state index contributed by atoms with van der Waals surface area (Å²) in [7, 11) is 1.80. The number of hydrogen-bond acceptors (Lipinski definition) is 8. The minimum absolute atomic E-state index is 0.166. The molecular weight excluding hydrogens is 433 g/mol. The predicted octanol–water partition coefficient (Wildman–Crippen LogP) is 3.86. The molecule has 1 saturated carbocycles. The van der Waals surface area contributed by atoms with Crippen molar-refractivity contribution in [2.75, 3.05) is 30.4 Å². The molecule has 3 aliphatic rings. The molecule has 0 amide bonds. The minimum atomic E-state index is -0.286. The molecule has 2 aliphatic carbocycles. The van der Waals surface area contributed by atoms with Crippen LogP contribution in [0.1, 0.15) is 49.7 Å². The number of ether oxygens (including phenoxy) is 1. The quantitative estimate of drug-likeness (QED) is 0.462. The standard InChI is InChI=1S/C25H28FN7O/c1-13(2)22-29-9-15(10-30-22)34-24-31-19-8-16-17(6-14(26)7-18(16)28-3)21(19)23(32-24)33-11-25(12-33)5-4-20(25)27/h6-7,9-10,13,20,28H,4-5,8,11-12,27H2,1-3H3/t20-/m1/s1. The number of halogens is 1. The molecule has 3 aromatic rings. The van der Waals surface area contributed by atoms with Crippen LogP contribution < -0.4 is 20.7 Å². The van der Waals surface area contributed by atoms with Gasteiger partial charge in [0.15, 0.2) is 5.75 Å². The molecule has 6 rings (SSSR count). The summed E-state index contributed by atoms with van der Waals surface area (Å²) < 4.78 is 20.5. The van der Waals surface area contributed by atoms with E-state index in [0.717, 1.165) is 65.6 Å². The molecule has 0 unspecified atom stereocenters. The van der Waals surface area contributed by atoms with E-state index in [1.165, 1.54) is 6.07 Å². The summed E-state index contributed by atoms with van der Waals surface area (Å²) in [6.07, 6.45) is 6.07. The molecule has 9 heteroatoms. The van der Waals surface area contributed by atoms with Gasteiger partial charge in [-0.2, -0.15) is 9.97 Å². The summed E-state index contributed by atoms with van der Waals surface area (Å²) in [6.45, 7) is 5.76. The normalized spacial score (nSPS) is 19.5. The highest BCUT2D eigenvalue weighted by atomic mass is 19.1. The maximum absolute atomic E-state index is 14.5. The van der Waals surface area contributed by atoms with Crippen LogP contribution in [0.15, 0.2) is 24.5 Å². The Bertz CT molecular complexity index is 1270. The third-order valence-electron chi connectivity index (χ3n) is 7.47. The van der Waals surface area contributed by atoms with Gasteiger partial charge in [0.25, 0.3) is 0 Å². The molecule has 1 spiro atoms. The first-order chi connectivity index (χ1) is 16.4. The van der Waals surface area contributed by atoms with E-state index in [4.69, 9.17) is 20.4 Å². The van der Waals surface area contributed by atoms with Crippen molar-refractivity contribution in [3.05, 3.63) is 47.4 Å². The average Bonchev–Trinajstić information content (AvgIpc) is 3.15. The highest BCUT2D eigenvalue weighted by molar-refractivity contribution is 5.88. The largest absolute Gasteiger partial charge is 0.421 e. The van der Waals surface area contributed by atoms with Crippen molar-refractivity contribution in [1.82, 2.24) is 19.9 Å². The van der Waals surface area contributed by atoms with E-state index in [-0.39, 0.29) is 29.2 Å². The van der Waals surface area contributed by atoms with E-state index in [1.54, 1.807) is 25.5 Å². The van der Waals surface area contributed by atoms with Gasteiger partial charge in [0, 0.05) is 55.2 Å². The number of hydrogen-bond donors (Lipinski definition) is 2. The smallest absolute Gasteiger partial charge is 0.324 e.